The summed E-state index contributed by atoms with van der Waals surface area (Å²) in [4.78, 5) is 14.3. The molecule has 3 nitrogen and oxygen atoms in total. The second-order valence-corrected chi connectivity index (χ2v) is 6.67. The average Bonchev–Trinajstić information content (AvgIpc) is 3.16. The number of carbonyl (C=O) groups is 1. The van der Waals surface area contributed by atoms with Crippen LogP contribution in [0.1, 0.15) is 23.2 Å². The van der Waals surface area contributed by atoms with Crippen LogP contribution in [0.25, 0.3) is 0 Å². The van der Waals surface area contributed by atoms with Crippen LogP contribution < -0.4 is 5.32 Å². The molecule has 1 amide bonds. The van der Waals surface area contributed by atoms with Gasteiger partial charge >= 0.3 is 0 Å². The third-order valence-electron chi connectivity index (χ3n) is 3.09. The zero-order chi connectivity index (χ0) is 13.1. The predicted octanol–water partition coefficient (Wildman–Crippen LogP) is 2.88. The number of nitrogens with zero attached hydrogens (tertiary/aromatic N) is 1. The molecule has 1 saturated carbocycles. The van der Waals surface area contributed by atoms with E-state index in [1.165, 1.54) is 12.8 Å². The van der Waals surface area contributed by atoms with Crippen molar-refractivity contribution in [3.63, 3.8) is 0 Å². The number of hydrogen-bond donors (Lipinski definition) is 1. The van der Waals surface area contributed by atoms with Crippen molar-refractivity contribution in [3.8, 4) is 0 Å². The van der Waals surface area contributed by atoms with Crippen LogP contribution in [0.15, 0.2) is 22.7 Å². The van der Waals surface area contributed by atoms with E-state index in [1.54, 1.807) is 0 Å². The monoisotopic (exact) mass is 422 g/mol. The molecule has 0 radical (unpaired) electrons. The van der Waals surface area contributed by atoms with Gasteiger partial charge in [0.2, 0.25) is 0 Å². The van der Waals surface area contributed by atoms with Crippen molar-refractivity contribution < 1.29 is 4.79 Å². The smallest absolute Gasteiger partial charge is 0.252 e. The van der Waals surface area contributed by atoms with Crippen molar-refractivity contribution in [2.75, 3.05) is 20.1 Å². The quantitative estimate of drug-likeness (QED) is 0.740. The summed E-state index contributed by atoms with van der Waals surface area (Å²) in [6.45, 7) is 1.62. The van der Waals surface area contributed by atoms with E-state index in [2.05, 4.69) is 55.8 Å². The Morgan fingerprint density at radius 1 is 1.56 bits per heavy atom. The average molecular weight is 423 g/mol. The van der Waals surface area contributed by atoms with Gasteiger partial charge in [0.1, 0.15) is 0 Å². The summed E-state index contributed by atoms with van der Waals surface area (Å²) in [6.07, 6.45) is 2.60. The summed E-state index contributed by atoms with van der Waals surface area (Å²) < 4.78 is 1.91. The molecule has 0 atom stereocenters. The maximum Gasteiger partial charge on any atom is 0.252 e. The lowest BCUT2D eigenvalue weighted by molar-refractivity contribution is 0.0948. The molecule has 0 saturated heterocycles. The third-order valence-corrected chi connectivity index (χ3v) is 4.53. The van der Waals surface area contributed by atoms with Gasteiger partial charge in [0.15, 0.2) is 0 Å². The zero-order valence-electron chi connectivity index (χ0n) is 10.2. The van der Waals surface area contributed by atoms with Gasteiger partial charge in [-0.05, 0) is 60.7 Å². The highest BCUT2D eigenvalue weighted by atomic mass is 127. The van der Waals surface area contributed by atoms with E-state index in [-0.39, 0.29) is 5.91 Å². The largest absolute Gasteiger partial charge is 0.351 e. The van der Waals surface area contributed by atoms with Gasteiger partial charge in [0.25, 0.3) is 5.91 Å². The molecule has 1 aromatic carbocycles. The van der Waals surface area contributed by atoms with Gasteiger partial charge in [-0.1, -0.05) is 15.9 Å². The van der Waals surface area contributed by atoms with Crippen LogP contribution in [0.4, 0.5) is 0 Å². The fraction of sp³-hybridized carbons (Fsp3) is 0.462. The Labute approximate surface area is 130 Å². The molecule has 0 heterocycles. The van der Waals surface area contributed by atoms with Crippen LogP contribution in [-0.4, -0.2) is 37.0 Å². The number of carbonyl (C=O) groups excluding carboxylic acids is 1. The van der Waals surface area contributed by atoms with Crippen molar-refractivity contribution in [2.45, 2.75) is 18.9 Å². The van der Waals surface area contributed by atoms with Gasteiger partial charge < -0.3 is 10.2 Å². The Hall–Kier alpha value is -0.140. The number of benzene rings is 1. The molecule has 1 aliphatic carbocycles. The minimum atomic E-state index is 0.00453. The standard InChI is InChI=1S/C13H16BrIN2O/c1-17(10-3-4-10)7-6-16-13(18)11-8-9(14)2-5-12(11)15/h2,5,8,10H,3-4,6-7H2,1H3,(H,16,18). The summed E-state index contributed by atoms with van der Waals surface area (Å²) in [5.74, 6) is 0.00453. The Kier molecular flexibility index (Phi) is 5.03. The van der Waals surface area contributed by atoms with Gasteiger partial charge in [-0.2, -0.15) is 0 Å². The highest BCUT2D eigenvalue weighted by molar-refractivity contribution is 14.1. The van der Waals surface area contributed by atoms with Crippen molar-refractivity contribution in [3.05, 3.63) is 31.8 Å². The number of hydrogen-bond acceptors (Lipinski definition) is 2. The SMILES string of the molecule is CN(CCNC(=O)c1cc(Br)ccc1I)C1CC1. The number of nitrogens with one attached hydrogen (secondary N) is 1. The Morgan fingerprint density at radius 3 is 2.94 bits per heavy atom. The highest BCUT2D eigenvalue weighted by Gasteiger charge is 2.25. The fourth-order valence-corrected chi connectivity index (χ4v) is 2.75. The van der Waals surface area contributed by atoms with Gasteiger partial charge in [0, 0.05) is 27.2 Å². The minimum Gasteiger partial charge on any atom is -0.351 e. The molecular formula is C13H16BrIN2O. The molecule has 0 aromatic heterocycles. The number of likely N-dealkylation sites (N-methyl/N-ethyl adjacent to an activating group) is 1. The lowest BCUT2D eigenvalue weighted by atomic mass is 10.2. The normalized spacial score (nSPS) is 14.9. The molecule has 5 heteroatoms. The molecule has 0 unspecified atom stereocenters. The van der Waals surface area contributed by atoms with E-state index >= 15 is 0 Å². The molecule has 1 aromatic rings. The highest BCUT2D eigenvalue weighted by Crippen LogP contribution is 2.24. The first-order valence-corrected chi connectivity index (χ1v) is 7.88. The van der Waals surface area contributed by atoms with Gasteiger partial charge in [-0.25, -0.2) is 0 Å². The van der Waals surface area contributed by atoms with E-state index in [1.807, 2.05) is 18.2 Å². The first kappa shape index (κ1) is 14.3. The maximum atomic E-state index is 12.0. The van der Waals surface area contributed by atoms with E-state index in [9.17, 15) is 4.79 Å². The Balaban J connectivity index is 1.85. The first-order chi connectivity index (χ1) is 8.58. The first-order valence-electron chi connectivity index (χ1n) is 6.01. The van der Waals surface area contributed by atoms with E-state index in [4.69, 9.17) is 0 Å². The van der Waals surface area contributed by atoms with Crippen molar-refractivity contribution in [2.24, 2.45) is 0 Å². The van der Waals surface area contributed by atoms with Crippen LogP contribution in [0, 0.1) is 3.57 Å². The molecule has 0 bridgehead atoms. The summed E-state index contributed by atoms with van der Waals surface area (Å²) in [5.41, 5.74) is 0.735. The van der Waals surface area contributed by atoms with Gasteiger partial charge in [-0.15, -0.1) is 0 Å². The molecule has 1 N–H and O–H groups in total. The number of amides is 1. The van der Waals surface area contributed by atoms with E-state index in [0.717, 1.165) is 26.2 Å². The van der Waals surface area contributed by atoms with Crippen molar-refractivity contribution >= 4 is 44.4 Å². The lowest BCUT2D eigenvalue weighted by Gasteiger charge is -2.16. The third kappa shape index (κ3) is 3.93. The minimum absolute atomic E-state index is 0.00453. The summed E-state index contributed by atoms with van der Waals surface area (Å²) in [6, 6.07) is 6.49. The van der Waals surface area contributed by atoms with Gasteiger partial charge in [0.05, 0.1) is 5.56 Å². The van der Waals surface area contributed by atoms with Crippen LogP contribution in [-0.2, 0) is 0 Å². The summed E-state index contributed by atoms with van der Waals surface area (Å²) in [5, 5.41) is 2.97. The van der Waals surface area contributed by atoms with E-state index in [0.29, 0.717) is 6.54 Å². The van der Waals surface area contributed by atoms with Crippen LogP contribution in [0.5, 0.6) is 0 Å². The predicted molar refractivity (Wildman–Crippen MR) is 84.8 cm³/mol. The summed E-state index contributed by atoms with van der Waals surface area (Å²) >= 11 is 5.58. The molecule has 2 rings (SSSR count). The Bertz CT molecular complexity index is 449. The van der Waals surface area contributed by atoms with Gasteiger partial charge in [-0.3, -0.25) is 4.79 Å². The molecule has 1 aliphatic rings. The number of rotatable bonds is 5. The lowest BCUT2D eigenvalue weighted by Crippen LogP contribution is -2.34. The topological polar surface area (TPSA) is 32.3 Å². The number of halogens is 2. The second kappa shape index (κ2) is 6.34. The molecule has 0 spiro atoms. The van der Waals surface area contributed by atoms with E-state index < -0.39 is 0 Å². The molecule has 18 heavy (non-hydrogen) atoms. The van der Waals surface area contributed by atoms with Crippen LogP contribution >= 0.6 is 38.5 Å². The fourth-order valence-electron chi connectivity index (χ4n) is 1.81. The van der Waals surface area contributed by atoms with Crippen LogP contribution in [0.2, 0.25) is 0 Å². The summed E-state index contributed by atoms with van der Waals surface area (Å²) in [7, 11) is 2.12. The molecular weight excluding hydrogens is 407 g/mol. The van der Waals surface area contributed by atoms with Crippen molar-refractivity contribution in [1.29, 1.82) is 0 Å². The Morgan fingerprint density at radius 2 is 2.28 bits per heavy atom. The van der Waals surface area contributed by atoms with Crippen molar-refractivity contribution in [1.82, 2.24) is 10.2 Å². The molecule has 98 valence electrons. The molecule has 1 fully saturated rings. The molecule has 0 aliphatic heterocycles. The second-order valence-electron chi connectivity index (χ2n) is 4.59. The zero-order valence-corrected chi connectivity index (χ0v) is 14.0. The van der Waals surface area contributed by atoms with Crippen LogP contribution in [0.3, 0.4) is 0 Å². The maximum absolute atomic E-state index is 12.0.